The summed E-state index contributed by atoms with van der Waals surface area (Å²) in [5.74, 6) is -1.81. The minimum absolute atomic E-state index is 0.0169. The van der Waals surface area contributed by atoms with Gasteiger partial charge in [-0.3, -0.25) is 9.59 Å². The smallest absolute Gasteiger partial charge is 0.306 e. The third-order valence-corrected chi connectivity index (χ3v) is 9.98. The normalized spacial score (nSPS) is 13.8. The zero-order valence-electron chi connectivity index (χ0n) is 39.3. The summed E-state index contributed by atoms with van der Waals surface area (Å²) in [6.07, 6.45) is 57.1. The molecule has 0 aromatic rings. The van der Waals surface area contributed by atoms with E-state index in [1.807, 2.05) is 0 Å². The number of ether oxygens (including phenoxy) is 3. The SMILES string of the molecule is CC/C=C/C/C=C/C/C=C/C/C=C/C/C=C/C/C=C/CCCCCC(=O)OC(COCCC(C(=O)[O-])[N+](C)(C)C)COC(=O)CCCCCCCC/C=C/C=C/CCCCC. The average molecular weight is 850 g/mol. The van der Waals surface area contributed by atoms with Gasteiger partial charge in [-0.15, -0.1) is 0 Å². The van der Waals surface area contributed by atoms with Crippen molar-refractivity contribution in [1.29, 1.82) is 0 Å². The summed E-state index contributed by atoms with van der Waals surface area (Å²) >= 11 is 0. The Labute approximate surface area is 373 Å². The summed E-state index contributed by atoms with van der Waals surface area (Å²) in [4.78, 5) is 36.9. The van der Waals surface area contributed by atoms with E-state index in [4.69, 9.17) is 14.2 Å². The van der Waals surface area contributed by atoms with Gasteiger partial charge in [-0.2, -0.15) is 0 Å². The Morgan fingerprint density at radius 3 is 1.48 bits per heavy atom. The van der Waals surface area contributed by atoms with Gasteiger partial charge in [0.1, 0.15) is 12.6 Å². The highest BCUT2D eigenvalue weighted by atomic mass is 16.6. The minimum Gasteiger partial charge on any atom is -0.544 e. The summed E-state index contributed by atoms with van der Waals surface area (Å²) in [6, 6.07) is -0.740. The standard InChI is InChI=1S/C53H87NO7/c1-6-8-10-12-14-16-18-20-22-23-24-25-26-27-28-30-32-34-36-38-40-42-44-52(56)61-49(47-59-46-45-50(53(57)58)54(3,4)5)48-60-51(55)43-41-39-37-35-33-31-29-21-19-17-15-13-11-9-7-2/h8,10,14-17,19-22,24-25,27-28,32,34,49-50H,6-7,9,11-13,18,23,26,29-31,33,35-48H2,1-5H3/b10-8+,16-14+,17-15+,21-19+,22-20+,25-24+,28-27+,34-32+. The Morgan fingerprint density at radius 2 is 0.967 bits per heavy atom. The molecule has 2 unspecified atom stereocenters. The van der Waals surface area contributed by atoms with E-state index in [9.17, 15) is 19.5 Å². The minimum atomic E-state index is -1.14. The lowest BCUT2D eigenvalue weighted by Crippen LogP contribution is -2.55. The van der Waals surface area contributed by atoms with Crippen LogP contribution in [-0.2, 0) is 28.6 Å². The molecule has 0 fully saturated rings. The zero-order valence-corrected chi connectivity index (χ0v) is 39.3. The Balaban J connectivity index is 4.41. The number of aliphatic carboxylic acids is 1. The van der Waals surface area contributed by atoms with Crippen molar-refractivity contribution in [1.82, 2.24) is 0 Å². The van der Waals surface area contributed by atoms with Gasteiger partial charge in [0.2, 0.25) is 0 Å². The van der Waals surface area contributed by atoms with Crippen LogP contribution in [0.5, 0.6) is 0 Å². The van der Waals surface area contributed by atoms with E-state index in [0.717, 1.165) is 96.3 Å². The molecular weight excluding hydrogens is 763 g/mol. The van der Waals surface area contributed by atoms with Gasteiger partial charge in [0.15, 0.2) is 6.10 Å². The van der Waals surface area contributed by atoms with Crippen molar-refractivity contribution in [2.24, 2.45) is 0 Å². The van der Waals surface area contributed by atoms with Crippen LogP contribution in [0.4, 0.5) is 0 Å². The topological polar surface area (TPSA) is 102 Å². The van der Waals surface area contributed by atoms with E-state index < -0.39 is 18.1 Å². The molecule has 0 rings (SSSR count). The van der Waals surface area contributed by atoms with Gasteiger partial charge in [-0.05, 0) is 89.9 Å². The lowest BCUT2D eigenvalue weighted by Gasteiger charge is -2.34. The maximum atomic E-state index is 12.8. The van der Waals surface area contributed by atoms with Crippen molar-refractivity contribution < 1.29 is 38.2 Å². The molecule has 0 aromatic carbocycles. The Bertz CT molecular complexity index is 1310. The Morgan fingerprint density at radius 1 is 0.525 bits per heavy atom. The molecule has 346 valence electrons. The van der Waals surface area contributed by atoms with Crippen LogP contribution in [0.15, 0.2) is 97.2 Å². The fourth-order valence-corrected chi connectivity index (χ4v) is 6.30. The number of carbonyl (C=O) groups is 3. The van der Waals surface area contributed by atoms with Crippen LogP contribution in [0.3, 0.4) is 0 Å². The van der Waals surface area contributed by atoms with Gasteiger partial charge in [-0.25, -0.2) is 0 Å². The maximum Gasteiger partial charge on any atom is 0.306 e. The molecule has 0 radical (unpaired) electrons. The van der Waals surface area contributed by atoms with E-state index in [1.165, 1.54) is 32.1 Å². The lowest BCUT2D eigenvalue weighted by atomic mass is 10.1. The van der Waals surface area contributed by atoms with E-state index >= 15 is 0 Å². The van der Waals surface area contributed by atoms with Crippen LogP contribution in [-0.4, -0.2) is 75.5 Å². The van der Waals surface area contributed by atoms with Gasteiger partial charge in [0.05, 0.1) is 40.3 Å². The summed E-state index contributed by atoms with van der Waals surface area (Å²) in [7, 11) is 5.38. The van der Waals surface area contributed by atoms with Gasteiger partial charge in [0.25, 0.3) is 0 Å². The number of likely N-dealkylation sites (N-methyl/N-ethyl adjacent to an activating group) is 1. The largest absolute Gasteiger partial charge is 0.544 e. The van der Waals surface area contributed by atoms with Gasteiger partial charge < -0.3 is 28.6 Å². The quantitative estimate of drug-likeness (QED) is 0.0198. The van der Waals surface area contributed by atoms with Crippen molar-refractivity contribution in [2.75, 3.05) is 41.0 Å². The average Bonchev–Trinajstić information content (AvgIpc) is 3.22. The van der Waals surface area contributed by atoms with Gasteiger partial charge >= 0.3 is 11.9 Å². The van der Waals surface area contributed by atoms with Crippen LogP contribution >= 0.6 is 0 Å². The van der Waals surface area contributed by atoms with E-state index in [1.54, 1.807) is 21.1 Å². The molecule has 0 saturated heterocycles. The summed E-state index contributed by atoms with van der Waals surface area (Å²) in [5.41, 5.74) is 0. The van der Waals surface area contributed by atoms with Gasteiger partial charge in [0, 0.05) is 19.3 Å². The summed E-state index contributed by atoms with van der Waals surface area (Å²) in [5, 5.41) is 11.6. The Kier molecular flexibility index (Phi) is 40.3. The van der Waals surface area contributed by atoms with Crippen molar-refractivity contribution in [3.8, 4) is 0 Å². The second-order valence-corrected chi connectivity index (χ2v) is 16.6. The number of carboxylic acid groups (broad SMARTS) is 1. The number of unbranched alkanes of at least 4 members (excludes halogenated alkanes) is 12. The number of carboxylic acids is 1. The fourth-order valence-electron chi connectivity index (χ4n) is 6.30. The third-order valence-electron chi connectivity index (χ3n) is 9.98. The molecule has 0 aromatic heterocycles. The highest BCUT2D eigenvalue weighted by molar-refractivity contribution is 5.70. The second kappa shape index (κ2) is 42.9. The molecular formula is C53H87NO7. The number of hydrogen-bond donors (Lipinski definition) is 0. The monoisotopic (exact) mass is 850 g/mol. The molecule has 0 heterocycles. The fraction of sp³-hybridized carbons (Fsp3) is 0.642. The van der Waals surface area contributed by atoms with Gasteiger partial charge in [-0.1, -0.05) is 156 Å². The lowest BCUT2D eigenvalue weighted by molar-refractivity contribution is -0.889. The molecule has 0 N–H and O–H groups in total. The molecule has 0 spiro atoms. The summed E-state index contributed by atoms with van der Waals surface area (Å²) < 4.78 is 17.1. The van der Waals surface area contributed by atoms with E-state index in [0.29, 0.717) is 12.8 Å². The molecule has 8 heteroatoms. The third kappa shape index (κ3) is 41.4. The van der Waals surface area contributed by atoms with Crippen molar-refractivity contribution in [3.05, 3.63) is 97.2 Å². The van der Waals surface area contributed by atoms with Crippen LogP contribution < -0.4 is 5.11 Å². The number of carbonyl (C=O) groups excluding carboxylic acids is 3. The molecule has 0 aliphatic carbocycles. The second-order valence-electron chi connectivity index (χ2n) is 16.6. The zero-order chi connectivity index (χ0) is 44.9. The van der Waals surface area contributed by atoms with Crippen LogP contribution in [0, 0.1) is 0 Å². The first-order valence-electron chi connectivity index (χ1n) is 23.8. The number of allylic oxidation sites excluding steroid dienone is 16. The number of esters is 2. The maximum absolute atomic E-state index is 12.8. The van der Waals surface area contributed by atoms with Crippen LogP contribution in [0.25, 0.3) is 0 Å². The molecule has 2 atom stereocenters. The molecule has 0 amide bonds. The molecule has 61 heavy (non-hydrogen) atoms. The predicted octanol–water partition coefficient (Wildman–Crippen LogP) is 12.1. The van der Waals surface area contributed by atoms with Crippen LogP contribution in [0.1, 0.15) is 168 Å². The van der Waals surface area contributed by atoms with Crippen molar-refractivity contribution in [2.45, 2.75) is 180 Å². The number of nitrogens with zero attached hydrogens (tertiary/aromatic N) is 1. The molecule has 0 bridgehead atoms. The highest BCUT2D eigenvalue weighted by Gasteiger charge is 2.25. The predicted molar refractivity (Wildman–Crippen MR) is 254 cm³/mol. The molecule has 0 saturated carbocycles. The number of quaternary nitrogens is 1. The Hall–Kier alpha value is -3.75. The van der Waals surface area contributed by atoms with E-state index in [-0.39, 0.29) is 49.1 Å². The van der Waals surface area contributed by atoms with Crippen molar-refractivity contribution >= 4 is 17.9 Å². The number of hydrogen-bond acceptors (Lipinski definition) is 7. The first-order chi connectivity index (χ1) is 29.6. The highest BCUT2D eigenvalue weighted by Crippen LogP contribution is 2.12. The molecule has 0 aliphatic heterocycles. The van der Waals surface area contributed by atoms with Crippen LogP contribution in [0.2, 0.25) is 0 Å². The first kappa shape index (κ1) is 57.2. The first-order valence-corrected chi connectivity index (χ1v) is 23.8. The molecule has 0 aliphatic rings. The molecule has 8 nitrogen and oxygen atoms in total. The van der Waals surface area contributed by atoms with E-state index in [2.05, 4.69) is 111 Å². The van der Waals surface area contributed by atoms with Crippen molar-refractivity contribution in [3.63, 3.8) is 0 Å². The number of rotatable bonds is 41. The summed E-state index contributed by atoms with van der Waals surface area (Å²) in [6.45, 7) is 4.45.